The molecule has 0 spiro atoms. The quantitative estimate of drug-likeness (QED) is 0.560. The largest absolute Gasteiger partial charge is 0.135 e. The molecule has 1 heteroatoms. The van der Waals surface area contributed by atoms with E-state index in [4.69, 9.17) is 0 Å². The van der Waals surface area contributed by atoms with Crippen molar-refractivity contribution in [1.29, 1.82) is 0 Å². The van der Waals surface area contributed by atoms with Crippen molar-refractivity contribution in [2.24, 2.45) is 0 Å². The molecule has 2 rings (SSSR count). The van der Waals surface area contributed by atoms with Gasteiger partial charge in [0.15, 0.2) is 0 Å². The van der Waals surface area contributed by atoms with Crippen LogP contribution in [0.15, 0.2) is 35.2 Å². The number of benzene rings is 1. The van der Waals surface area contributed by atoms with Crippen molar-refractivity contribution in [2.75, 3.05) is 0 Å². The van der Waals surface area contributed by atoms with Crippen LogP contribution in [0.3, 0.4) is 0 Å². The summed E-state index contributed by atoms with van der Waals surface area (Å²) in [7, 11) is 0. The minimum absolute atomic E-state index is 0.837. The molecule has 0 aliphatic carbocycles. The van der Waals surface area contributed by atoms with E-state index in [0.717, 1.165) is 15.7 Å². The van der Waals surface area contributed by atoms with Crippen molar-refractivity contribution in [3.63, 3.8) is 0 Å². The third-order valence-corrected chi connectivity index (χ3v) is 1.82. The fraction of sp³-hybridized carbons (Fsp3) is 0. The summed E-state index contributed by atoms with van der Waals surface area (Å²) in [5.41, 5.74) is 0. The highest BCUT2D eigenvalue weighted by Crippen LogP contribution is 2.13. The highest BCUT2D eigenvalue weighted by molar-refractivity contribution is 7.80. The number of thiol groups is 1. The van der Waals surface area contributed by atoms with Crippen LogP contribution in [0.4, 0.5) is 0 Å². The Balaban J connectivity index is 2.83. The Morgan fingerprint density at radius 1 is 1.09 bits per heavy atom. The molecule has 0 unspecified atom stereocenters. The summed E-state index contributed by atoms with van der Waals surface area (Å²) in [5, 5.41) is 2.25. The summed E-state index contributed by atoms with van der Waals surface area (Å²) < 4.78 is 0. The van der Waals surface area contributed by atoms with Gasteiger partial charge in [0.1, 0.15) is 0 Å². The molecule has 0 amide bonds. The monoisotopic (exact) mass is 158 g/mol. The second-order valence-corrected chi connectivity index (χ2v) is 2.85. The molecule has 52 valence electrons. The van der Waals surface area contributed by atoms with Crippen molar-refractivity contribution >= 4 is 23.4 Å². The summed E-state index contributed by atoms with van der Waals surface area (Å²) in [4.78, 5) is 0.837. The summed E-state index contributed by atoms with van der Waals surface area (Å²) in [5.74, 6) is 0. The van der Waals surface area contributed by atoms with E-state index >= 15 is 0 Å². The van der Waals surface area contributed by atoms with Gasteiger partial charge in [-0.1, -0.05) is 30.3 Å². The van der Waals surface area contributed by atoms with Crippen molar-refractivity contribution in [1.82, 2.24) is 0 Å². The Kier molecular flexibility index (Phi) is 1.48. The smallest absolute Gasteiger partial charge is 0.0553 e. The number of hydrogen-bond donors (Lipinski definition) is 1. The van der Waals surface area contributed by atoms with E-state index in [1.54, 1.807) is 0 Å². The lowest BCUT2D eigenvalue weighted by molar-refractivity contribution is 1.55. The van der Waals surface area contributed by atoms with Gasteiger partial charge in [-0.2, -0.15) is 0 Å². The van der Waals surface area contributed by atoms with Gasteiger partial charge in [-0.15, -0.1) is 12.6 Å². The molecule has 0 radical (unpaired) electrons. The molecule has 0 nitrogen and oxygen atoms in total. The molecule has 0 fully saturated rings. The molecule has 0 heterocycles. The summed E-state index contributed by atoms with van der Waals surface area (Å²) >= 11 is 4.17. The zero-order chi connectivity index (χ0) is 7.68. The molecule has 2 aromatic carbocycles. The van der Waals surface area contributed by atoms with Crippen LogP contribution < -0.4 is 0 Å². The van der Waals surface area contributed by atoms with E-state index in [1.807, 2.05) is 30.3 Å². The minimum atomic E-state index is 0.837. The van der Waals surface area contributed by atoms with Gasteiger partial charge in [0.2, 0.25) is 0 Å². The Labute approximate surface area is 71.3 Å². The lowest BCUT2D eigenvalue weighted by atomic mass is 10.2. The van der Waals surface area contributed by atoms with Crippen LogP contribution in [0.25, 0.3) is 10.8 Å². The van der Waals surface area contributed by atoms with E-state index in [0.29, 0.717) is 0 Å². The topological polar surface area (TPSA) is 0 Å². The molecule has 0 aliphatic heterocycles. The molecule has 0 N–H and O–H groups in total. The van der Waals surface area contributed by atoms with Crippen LogP contribution >= 0.6 is 12.6 Å². The van der Waals surface area contributed by atoms with Gasteiger partial charge < -0.3 is 0 Å². The van der Waals surface area contributed by atoms with Crippen LogP contribution in [0, 0.1) is 12.1 Å². The van der Waals surface area contributed by atoms with Crippen LogP contribution in [0.2, 0.25) is 0 Å². The maximum absolute atomic E-state index is 4.17. The van der Waals surface area contributed by atoms with Crippen molar-refractivity contribution < 1.29 is 0 Å². The van der Waals surface area contributed by atoms with Gasteiger partial charge >= 0.3 is 0 Å². The van der Waals surface area contributed by atoms with Crippen LogP contribution in [-0.2, 0) is 0 Å². The lowest BCUT2D eigenvalue weighted by Gasteiger charge is -1.91. The van der Waals surface area contributed by atoms with E-state index in [1.165, 1.54) is 0 Å². The first-order chi connectivity index (χ1) is 5.36. The zero-order valence-corrected chi connectivity index (χ0v) is 6.73. The van der Waals surface area contributed by atoms with Crippen LogP contribution in [0.1, 0.15) is 0 Å². The molecular weight excluding hydrogens is 152 g/mol. The van der Waals surface area contributed by atoms with Gasteiger partial charge in [-0.05, 0) is 17.5 Å². The van der Waals surface area contributed by atoms with Gasteiger partial charge in [0, 0.05) is 5.39 Å². The molecule has 11 heavy (non-hydrogen) atoms. The summed E-state index contributed by atoms with van der Waals surface area (Å²) in [6.07, 6.45) is 0. The highest BCUT2D eigenvalue weighted by Gasteiger charge is 1.88. The Hall–Kier alpha value is -1.13. The molecule has 0 saturated heterocycles. The third-order valence-electron chi connectivity index (χ3n) is 1.58. The second-order valence-electron chi connectivity index (χ2n) is 2.37. The van der Waals surface area contributed by atoms with E-state index < -0.39 is 0 Å². The summed E-state index contributed by atoms with van der Waals surface area (Å²) in [6, 6.07) is 16.0. The number of rotatable bonds is 0. The fourth-order valence-corrected chi connectivity index (χ4v) is 1.25. The number of fused-ring (bicyclic) bond motifs is 1. The van der Waals surface area contributed by atoms with Gasteiger partial charge in [0.25, 0.3) is 0 Å². The van der Waals surface area contributed by atoms with Gasteiger partial charge in [0.05, 0.1) is 4.90 Å². The molecule has 0 bridgehead atoms. The van der Waals surface area contributed by atoms with E-state index in [-0.39, 0.29) is 0 Å². The Bertz CT molecular complexity index is 379. The zero-order valence-electron chi connectivity index (χ0n) is 5.83. The van der Waals surface area contributed by atoms with Crippen LogP contribution in [-0.4, -0.2) is 0 Å². The Morgan fingerprint density at radius 3 is 2.82 bits per heavy atom. The van der Waals surface area contributed by atoms with Crippen molar-refractivity contribution in [2.45, 2.75) is 4.90 Å². The first-order valence-corrected chi connectivity index (χ1v) is 3.83. The standard InChI is InChI=1S/C10H6S/c11-10-6-5-8-3-1-2-4-9(8)7-10/h1-4,7,11H. The van der Waals surface area contributed by atoms with E-state index in [9.17, 15) is 0 Å². The lowest BCUT2D eigenvalue weighted by Crippen LogP contribution is -1.68. The fourth-order valence-electron chi connectivity index (χ4n) is 1.05. The van der Waals surface area contributed by atoms with Crippen molar-refractivity contribution in [3.05, 3.63) is 42.5 Å². The first kappa shape index (κ1) is 6.57. The molecule has 0 saturated carbocycles. The molecule has 2 aromatic rings. The van der Waals surface area contributed by atoms with Crippen LogP contribution in [0.5, 0.6) is 0 Å². The molecule has 0 aliphatic rings. The van der Waals surface area contributed by atoms with Crippen molar-refractivity contribution in [3.8, 4) is 0 Å². The first-order valence-electron chi connectivity index (χ1n) is 3.38. The molecular formula is C10H6S. The highest BCUT2D eigenvalue weighted by atomic mass is 32.1. The molecule has 0 atom stereocenters. The molecule has 0 aromatic heterocycles. The normalized spacial score (nSPS) is 9.55. The minimum Gasteiger partial charge on any atom is -0.135 e. The average molecular weight is 158 g/mol. The maximum atomic E-state index is 4.17. The number of hydrogen-bond acceptors (Lipinski definition) is 1. The van der Waals surface area contributed by atoms with Gasteiger partial charge in [-0.25, -0.2) is 0 Å². The Morgan fingerprint density at radius 2 is 1.91 bits per heavy atom. The predicted octanol–water partition coefficient (Wildman–Crippen LogP) is 2.73. The summed E-state index contributed by atoms with van der Waals surface area (Å²) in [6.45, 7) is 0. The second kappa shape index (κ2) is 2.48. The van der Waals surface area contributed by atoms with E-state index in [2.05, 4.69) is 24.8 Å². The SMILES string of the molecule is Sc1c#cc2ccccc2c1. The third kappa shape index (κ3) is 1.18. The average Bonchev–Trinajstić information content (AvgIpc) is 2.04. The predicted molar refractivity (Wildman–Crippen MR) is 48.9 cm³/mol. The maximum Gasteiger partial charge on any atom is 0.0553 e. The van der Waals surface area contributed by atoms with Gasteiger partial charge in [-0.3, -0.25) is 0 Å².